The summed E-state index contributed by atoms with van der Waals surface area (Å²) in [5.74, 6) is 0. The van der Waals surface area contributed by atoms with Crippen molar-refractivity contribution in [1.82, 2.24) is 4.90 Å². The van der Waals surface area contributed by atoms with Crippen molar-refractivity contribution < 1.29 is 4.74 Å². The predicted octanol–water partition coefficient (Wildman–Crippen LogP) is 3.17. The van der Waals surface area contributed by atoms with Crippen LogP contribution in [-0.4, -0.2) is 37.7 Å². The summed E-state index contributed by atoms with van der Waals surface area (Å²) in [7, 11) is 0. The number of nitrogens with zero attached hydrogens (tertiary/aromatic N) is 1. The fourth-order valence-electron chi connectivity index (χ4n) is 1.92. The molecule has 2 rings (SSSR count). The molecule has 2 fully saturated rings. The van der Waals surface area contributed by atoms with Crippen LogP contribution in [0, 0.1) is 5.41 Å². The van der Waals surface area contributed by atoms with Crippen molar-refractivity contribution in [3.05, 3.63) is 0 Å². The highest BCUT2D eigenvalue weighted by molar-refractivity contribution is 4.93. The van der Waals surface area contributed by atoms with E-state index in [1.807, 2.05) is 13.8 Å². The number of hydrogen-bond donors (Lipinski definition) is 0. The Kier molecular flexibility index (Phi) is 8.07. The molecule has 0 radical (unpaired) electrons. The highest BCUT2D eigenvalue weighted by Crippen LogP contribution is 2.36. The van der Waals surface area contributed by atoms with Gasteiger partial charge in [0.05, 0.1) is 13.2 Å². The van der Waals surface area contributed by atoms with Gasteiger partial charge in [0.15, 0.2) is 0 Å². The normalized spacial score (nSPS) is 22.2. The SMILES string of the molecule is CC.CCC.CCN1CCC2(COC2)C1. The molecule has 0 aliphatic carbocycles. The summed E-state index contributed by atoms with van der Waals surface area (Å²) in [5, 5.41) is 0. The highest BCUT2D eigenvalue weighted by atomic mass is 16.5. The van der Waals surface area contributed by atoms with Crippen molar-refractivity contribution in [3.8, 4) is 0 Å². The van der Waals surface area contributed by atoms with E-state index in [0.717, 1.165) is 13.2 Å². The zero-order chi connectivity index (χ0) is 11.7. The van der Waals surface area contributed by atoms with E-state index >= 15 is 0 Å². The van der Waals surface area contributed by atoms with Crippen LogP contribution in [0.25, 0.3) is 0 Å². The molecule has 2 saturated heterocycles. The van der Waals surface area contributed by atoms with Gasteiger partial charge in [-0.2, -0.15) is 0 Å². The van der Waals surface area contributed by atoms with E-state index in [4.69, 9.17) is 4.74 Å². The van der Waals surface area contributed by atoms with Gasteiger partial charge in [-0.25, -0.2) is 0 Å². The minimum Gasteiger partial charge on any atom is -0.380 e. The van der Waals surface area contributed by atoms with Gasteiger partial charge >= 0.3 is 0 Å². The van der Waals surface area contributed by atoms with Gasteiger partial charge in [0, 0.05) is 12.0 Å². The summed E-state index contributed by atoms with van der Waals surface area (Å²) in [6.45, 7) is 16.3. The predicted molar refractivity (Wildman–Crippen MR) is 67.3 cm³/mol. The van der Waals surface area contributed by atoms with Crippen molar-refractivity contribution >= 4 is 0 Å². The van der Waals surface area contributed by atoms with Crippen LogP contribution in [0.2, 0.25) is 0 Å². The molecule has 0 unspecified atom stereocenters. The molecule has 0 bridgehead atoms. The molecule has 0 aromatic heterocycles. The maximum absolute atomic E-state index is 5.23. The van der Waals surface area contributed by atoms with E-state index in [2.05, 4.69) is 25.7 Å². The number of rotatable bonds is 1. The second-order valence-electron chi connectivity index (χ2n) is 4.32. The lowest BCUT2D eigenvalue weighted by Gasteiger charge is -2.37. The zero-order valence-corrected chi connectivity index (χ0v) is 11.3. The van der Waals surface area contributed by atoms with E-state index in [1.165, 1.54) is 32.5 Å². The lowest BCUT2D eigenvalue weighted by molar-refractivity contribution is -0.104. The van der Waals surface area contributed by atoms with E-state index in [1.54, 1.807) is 0 Å². The van der Waals surface area contributed by atoms with Crippen LogP contribution < -0.4 is 0 Å². The number of likely N-dealkylation sites (tertiary alicyclic amines) is 1. The lowest BCUT2D eigenvalue weighted by atomic mass is 9.85. The third kappa shape index (κ3) is 4.52. The Morgan fingerprint density at radius 1 is 1.13 bits per heavy atom. The van der Waals surface area contributed by atoms with Gasteiger partial charge in [0.1, 0.15) is 0 Å². The number of hydrogen-bond acceptors (Lipinski definition) is 2. The Labute approximate surface area is 96.0 Å². The Morgan fingerprint density at radius 2 is 1.67 bits per heavy atom. The van der Waals surface area contributed by atoms with E-state index in [0.29, 0.717) is 5.41 Å². The summed E-state index contributed by atoms with van der Waals surface area (Å²) in [5.41, 5.74) is 0.593. The fraction of sp³-hybridized carbons (Fsp3) is 1.00. The Balaban J connectivity index is 0.000000342. The first-order valence-electron chi connectivity index (χ1n) is 6.56. The largest absolute Gasteiger partial charge is 0.380 e. The van der Waals surface area contributed by atoms with Gasteiger partial charge in [-0.05, 0) is 19.5 Å². The molecule has 2 heterocycles. The van der Waals surface area contributed by atoms with Crippen LogP contribution in [-0.2, 0) is 4.74 Å². The van der Waals surface area contributed by atoms with Crippen molar-refractivity contribution in [2.45, 2.75) is 47.5 Å². The maximum atomic E-state index is 5.23. The molecule has 92 valence electrons. The first-order valence-corrected chi connectivity index (χ1v) is 6.56. The van der Waals surface area contributed by atoms with Crippen LogP contribution in [0.15, 0.2) is 0 Å². The van der Waals surface area contributed by atoms with Crippen molar-refractivity contribution in [1.29, 1.82) is 0 Å². The van der Waals surface area contributed by atoms with Crippen LogP contribution in [0.4, 0.5) is 0 Å². The number of ether oxygens (including phenoxy) is 1. The first kappa shape index (κ1) is 14.9. The smallest absolute Gasteiger partial charge is 0.0557 e. The molecule has 0 N–H and O–H groups in total. The van der Waals surface area contributed by atoms with Crippen molar-refractivity contribution in [2.75, 3.05) is 32.8 Å². The second kappa shape index (κ2) is 8.12. The molecule has 0 aromatic carbocycles. The average molecular weight is 215 g/mol. The van der Waals surface area contributed by atoms with Gasteiger partial charge < -0.3 is 9.64 Å². The standard InChI is InChI=1S/C8H15NO.C3H8.C2H6/c1-2-9-4-3-8(5-9)6-10-7-8;1-3-2;1-2/h2-7H2,1H3;3H2,1-2H3;1-2H3. The monoisotopic (exact) mass is 215 g/mol. The maximum Gasteiger partial charge on any atom is 0.0557 e. The summed E-state index contributed by atoms with van der Waals surface area (Å²) in [4.78, 5) is 2.52. The molecule has 2 heteroatoms. The third-order valence-electron chi connectivity index (χ3n) is 2.78. The summed E-state index contributed by atoms with van der Waals surface area (Å²) >= 11 is 0. The molecule has 15 heavy (non-hydrogen) atoms. The molecule has 1 spiro atoms. The highest BCUT2D eigenvalue weighted by Gasteiger charge is 2.43. The lowest BCUT2D eigenvalue weighted by Crippen LogP contribution is -2.44. The molecule has 0 amide bonds. The first-order chi connectivity index (χ1) is 7.26. The Morgan fingerprint density at radius 3 is 1.87 bits per heavy atom. The van der Waals surface area contributed by atoms with Gasteiger partial charge in [0.25, 0.3) is 0 Å². The summed E-state index contributed by atoms with van der Waals surface area (Å²) in [6.07, 6.45) is 2.61. The summed E-state index contributed by atoms with van der Waals surface area (Å²) < 4.78 is 5.23. The quantitative estimate of drug-likeness (QED) is 0.666. The van der Waals surface area contributed by atoms with E-state index in [9.17, 15) is 0 Å². The van der Waals surface area contributed by atoms with Crippen LogP contribution in [0.3, 0.4) is 0 Å². The summed E-state index contributed by atoms with van der Waals surface area (Å²) in [6, 6.07) is 0. The van der Waals surface area contributed by atoms with Gasteiger partial charge in [-0.15, -0.1) is 0 Å². The molecule has 2 aliphatic heterocycles. The Bertz CT molecular complexity index is 143. The van der Waals surface area contributed by atoms with Crippen LogP contribution in [0.5, 0.6) is 0 Å². The minimum absolute atomic E-state index is 0.593. The van der Waals surface area contributed by atoms with Gasteiger partial charge in [-0.3, -0.25) is 0 Å². The molecular weight excluding hydrogens is 186 g/mol. The zero-order valence-electron chi connectivity index (χ0n) is 11.3. The molecule has 0 saturated carbocycles. The van der Waals surface area contributed by atoms with Crippen molar-refractivity contribution in [3.63, 3.8) is 0 Å². The van der Waals surface area contributed by atoms with E-state index < -0.39 is 0 Å². The Hall–Kier alpha value is -0.0800. The topological polar surface area (TPSA) is 12.5 Å². The van der Waals surface area contributed by atoms with Crippen LogP contribution >= 0.6 is 0 Å². The fourth-order valence-corrected chi connectivity index (χ4v) is 1.92. The molecule has 2 nitrogen and oxygen atoms in total. The molecule has 2 aliphatic rings. The van der Waals surface area contributed by atoms with Crippen molar-refractivity contribution in [2.24, 2.45) is 5.41 Å². The average Bonchev–Trinajstić information content (AvgIpc) is 2.66. The molecular formula is C13H29NO. The second-order valence-corrected chi connectivity index (χ2v) is 4.32. The third-order valence-corrected chi connectivity index (χ3v) is 2.78. The van der Waals surface area contributed by atoms with Crippen LogP contribution in [0.1, 0.15) is 47.5 Å². The minimum atomic E-state index is 0.593. The van der Waals surface area contributed by atoms with Gasteiger partial charge in [0.2, 0.25) is 0 Å². The van der Waals surface area contributed by atoms with Gasteiger partial charge in [-0.1, -0.05) is 41.0 Å². The molecule has 0 atom stereocenters. The van der Waals surface area contributed by atoms with E-state index in [-0.39, 0.29) is 0 Å². The molecule has 0 aromatic rings.